The molecule has 20 heavy (non-hydrogen) atoms. The van der Waals surface area contributed by atoms with Crippen LogP contribution in [-0.4, -0.2) is 35.5 Å². The van der Waals surface area contributed by atoms with Gasteiger partial charge in [0.25, 0.3) is 5.91 Å². The number of hydrogen-bond donors (Lipinski definition) is 0. The standard InChI is InChI=1S/C15H18INO3/c1-3-20-14(19)15(2)8-5-9-17(15)13(18)11-6-4-7-12(16)10-11/h4,6-7,10H,3,5,8-9H2,1-2H3. The molecule has 5 heteroatoms. The monoisotopic (exact) mass is 387 g/mol. The van der Waals surface area contributed by atoms with E-state index in [9.17, 15) is 9.59 Å². The van der Waals surface area contributed by atoms with E-state index in [4.69, 9.17) is 4.74 Å². The molecule has 0 aromatic heterocycles. The highest BCUT2D eigenvalue weighted by Gasteiger charge is 2.47. The molecule has 1 aromatic carbocycles. The average Bonchev–Trinajstić information content (AvgIpc) is 2.81. The summed E-state index contributed by atoms with van der Waals surface area (Å²) in [5.41, 5.74) is -0.219. The Bertz CT molecular complexity index is 532. The molecule has 0 N–H and O–H groups in total. The molecule has 1 aliphatic rings. The van der Waals surface area contributed by atoms with Crippen LogP contribution in [0.3, 0.4) is 0 Å². The number of esters is 1. The number of ether oxygens (including phenoxy) is 1. The van der Waals surface area contributed by atoms with Crippen LogP contribution in [0.15, 0.2) is 24.3 Å². The molecule has 1 amide bonds. The van der Waals surface area contributed by atoms with Gasteiger partial charge in [-0.1, -0.05) is 6.07 Å². The van der Waals surface area contributed by atoms with Crippen LogP contribution in [-0.2, 0) is 9.53 Å². The van der Waals surface area contributed by atoms with E-state index >= 15 is 0 Å². The van der Waals surface area contributed by atoms with Gasteiger partial charge in [-0.25, -0.2) is 4.79 Å². The molecule has 1 fully saturated rings. The minimum absolute atomic E-state index is 0.100. The number of rotatable bonds is 3. The predicted molar refractivity (Wildman–Crippen MR) is 84.5 cm³/mol. The van der Waals surface area contributed by atoms with Gasteiger partial charge in [-0.15, -0.1) is 0 Å². The molecule has 108 valence electrons. The topological polar surface area (TPSA) is 46.6 Å². The molecule has 2 rings (SSSR count). The van der Waals surface area contributed by atoms with Gasteiger partial charge in [0.05, 0.1) is 6.61 Å². The summed E-state index contributed by atoms with van der Waals surface area (Å²) in [6, 6.07) is 7.42. The van der Waals surface area contributed by atoms with Crippen molar-refractivity contribution in [2.24, 2.45) is 0 Å². The third-order valence-electron chi connectivity index (χ3n) is 3.67. The highest BCUT2D eigenvalue weighted by molar-refractivity contribution is 14.1. The lowest BCUT2D eigenvalue weighted by molar-refractivity contribution is -0.153. The van der Waals surface area contributed by atoms with Crippen LogP contribution in [0, 0.1) is 3.57 Å². The second-order valence-corrected chi connectivity index (χ2v) is 6.31. The Morgan fingerprint density at radius 1 is 1.45 bits per heavy atom. The summed E-state index contributed by atoms with van der Waals surface area (Å²) in [5.74, 6) is -0.409. The number of likely N-dealkylation sites (tertiary alicyclic amines) is 1. The summed E-state index contributed by atoms with van der Waals surface area (Å²) in [6.07, 6.45) is 1.48. The first-order valence-electron chi connectivity index (χ1n) is 6.74. The van der Waals surface area contributed by atoms with Crippen LogP contribution in [0.2, 0.25) is 0 Å². The van der Waals surface area contributed by atoms with Crippen LogP contribution in [0.4, 0.5) is 0 Å². The number of benzene rings is 1. The molecule has 1 aromatic rings. The fourth-order valence-electron chi connectivity index (χ4n) is 2.56. The zero-order valence-corrected chi connectivity index (χ0v) is 13.8. The Hall–Kier alpha value is -1.11. The van der Waals surface area contributed by atoms with Gasteiger partial charge in [-0.2, -0.15) is 0 Å². The summed E-state index contributed by atoms with van der Waals surface area (Å²) in [6.45, 7) is 4.50. The summed E-state index contributed by atoms with van der Waals surface area (Å²) < 4.78 is 6.14. The summed E-state index contributed by atoms with van der Waals surface area (Å²) in [7, 11) is 0. The molecule has 1 heterocycles. The predicted octanol–water partition coefficient (Wildman–Crippen LogP) is 2.85. The highest BCUT2D eigenvalue weighted by atomic mass is 127. The van der Waals surface area contributed by atoms with Crippen LogP contribution in [0.5, 0.6) is 0 Å². The molecule has 0 bridgehead atoms. The smallest absolute Gasteiger partial charge is 0.331 e. The number of halogens is 1. The third kappa shape index (κ3) is 2.82. The van der Waals surface area contributed by atoms with Crippen molar-refractivity contribution in [2.75, 3.05) is 13.2 Å². The second kappa shape index (κ2) is 6.11. The molecule has 4 nitrogen and oxygen atoms in total. The van der Waals surface area contributed by atoms with Gasteiger partial charge in [-0.05, 0) is 67.5 Å². The van der Waals surface area contributed by atoms with Gasteiger partial charge < -0.3 is 9.64 Å². The maximum atomic E-state index is 12.6. The number of nitrogens with zero attached hydrogens (tertiary/aromatic N) is 1. The second-order valence-electron chi connectivity index (χ2n) is 5.07. The third-order valence-corrected chi connectivity index (χ3v) is 4.34. The van der Waals surface area contributed by atoms with Gasteiger partial charge in [0, 0.05) is 15.7 Å². The minimum Gasteiger partial charge on any atom is -0.464 e. The highest BCUT2D eigenvalue weighted by Crippen LogP contribution is 2.32. The molecule has 0 saturated carbocycles. The summed E-state index contributed by atoms with van der Waals surface area (Å²) in [4.78, 5) is 26.5. The lowest BCUT2D eigenvalue weighted by Gasteiger charge is -2.33. The first kappa shape index (κ1) is 15.3. The Balaban J connectivity index is 2.26. The molecule has 0 spiro atoms. The first-order valence-corrected chi connectivity index (χ1v) is 7.81. The Morgan fingerprint density at radius 3 is 2.85 bits per heavy atom. The lowest BCUT2D eigenvalue weighted by atomic mass is 9.98. The van der Waals surface area contributed by atoms with E-state index in [2.05, 4.69) is 22.6 Å². The van der Waals surface area contributed by atoms with Crippen molar-refractivity contribution in [2.45, 2.75) is 32.2 Å². The van der Waals surface area contributed by atoms with E-state index in [0.717, 1.165) is 9.99 Å². The fourth-order valence-corrected chi connectivity index (χ4v) is 3.11. The van der Waals surface area contributed by atoms with E-state index < -0.39 is 5.54 Å². The zero-order valence-electron chi connectivity index (χ0n) is 11.7. The van der Waals surface area contributed by atoms with Gasteiger partial charge in [0.1, 0.15) is 5.54 Å². The summed E-state index contributed by atoms with van der Waals surface area (Å²) >= 11 is 2.18. The number of carbonyl (C=O) groups is 2. The Morgan fingerprint density at radius 2 is 2.20 bits per heavy atom. The molecule has 1 aliphatic heterocycles. The van der Waals surface area contributed by atoms with Gasteiger partial charge >= 0.3 is 5.97 Å². The number of carbonyl (C=O) groups excluding carboxylic acids is 2. The number of amides is 1. The van der Waals surface area contributed by atoms with Crippen molar-refractivity contribution < 1.29 is 14.3 Å². The van der Waals surface area contributed by atoms with Gasteiger partial charge in [-0.3, -0.25) is 4.79 Å². The van der Waals surface area contributed by atoms with E-state index in [-0.39, 0.29) is 11.9 Å². The summed E-state index contributed by atoms with van der Waals surface area (Å²) in [5, 5.41) is 0. The van der Waals surface area contributed by atoms with Gasteiger partial charge in [0.15, 0.2) is 0 Å². The van der Waals surface area contributed by atoms with E-state index in [0.29, 0.717) is 25.1 Å². The molecule has 1 saturated heterocycles. The van der Waals surface area contributed by atoms with Crippen LogP contribution >= 0.6 is 22.6 Å². The molecular formula is C15H18INO3. The van der Waals surface area contributed by atoms with Gasteiger partial charge in [0.2, 0.25) is 0 Å². The van der Waals surface area contributed by atoms with Crippen molar-refractivity contribution in [1.82, 2.24) is 4.90 Å². The SMILES string of the molecule is CCOC(=O)C1(C)CCCN1C(=O)c1cccc(I)c1. The quantitative estimate of drug-likeness (QED) is 0.592. The zero-order chi connectivity index (χ0) is 14.8. The maximum absolute atomic E-state index is 12.6. The fraction of sp³-hybridized carbons (Fsp3) is 0.467. The molecule has 1 atom stereocenters. The van der Waals surface area contributed by atoms with Crippen LogP contribution in [0.1, 0.15) is 37.0 Å². The van der Waals surface area contributed by atoms with Crippen molar-refractivity contribution in [3.05, 3.63) is 33.4 Å². The van der Waals surface area contributed by atoms with E-state index in [1.165, 1.54) is 0 Å². The van der Waals surface area contributed by atoms with Crippen molar-refractivity contribution in [3.63, 3.8) is 0 Å². The largest absolute Gasteiger partial charge is 0.464 e. The molecule has 0 aliphatic carbocycles. The average molecular weight is 387 g/mol. The molecule has 1 unspecified atom stereocenters. The van der Waals surface area contributed by atoms with E-state index in [1.54, 1.807) is 24.8 Å². The van der Waals surface area contributed by atoms with Crippen LogP contribution < -0.4 is 0 Å². The Kier molecular flexibility index (Phi) is 4.67. The van der Waals surface area contributed by atoms with Crippen molar-refractivity contribution >= 4 is 34.5 Å². The maximum Gasteiger partial charge on any atom is 0.331 e. The normalized spacial score (nSPS) is 21.9. The first-order chi connectivity index (χ1) is 9.49. The minimum atomic E-state index is -0.839. The lowest BCUT2D eigenvalue weighted by Crippen LogP contribution is -2.51. The van der Waals surface area contributed by atoms with E-state index in [1.807, 2.05) is 18.2 Å². The molecular weight excluding hydrogens is 369 g/mol. The molecule has 0 radical (unpaired) electrons. The van der Waals surface area contributed by atoms with Crippen molar-refractivity contribution in [1.29, 1.82) is 0 Å². The number of hydrogen-bond acceptors (Lipinski definition) is 3. The van der Waals surface area contributed by atoms with Crippen LogP contribution in [0.25, 0.3) is 0 Å². The van der Waals surface area contributed by atoms with Crippen molar-refractivity contribution in [3.8, 4) is 0 Å². The Labute approximate surface area is 132 Å².